The van der Waals surface area contributed by atoms with E-state index in [0.29, 0.717) is 18.5 Å². The van der Waals surface area contributed by atoms with E-state index in [1.54, 1.807) is 51.7 Å². The fourth-order valence-electron chi connectivity index (χ4n) is 12.2. The molecule has 5 saturated carbocycles. The summed E-state index contributed by atoms with van der Waals surface area (Å²) in [5.41, 5.74) is -4.79. The Morgan fingerprint density at radius 1 is 1.00 bits per heavy atom. The van der Waals surface area contributed by atoms with Crippen molar-refractivity contribution < 1.29 is 53.3 Å². The molecule has 5 aliphatic carbocycles. The Morgan fingerprint density at radius 3 is 2.31 bits per heavy atom. The summed E-state index contributed by atoms with van der Waals surface area (Å²) >= 11 is 0. The van der Waals surface area contributed by atoms with Gasteiger partial charge in [-0.15, -0.1) is 0 Å². The van der Waals surface area contributed by atoms with E-state index >= 15 is 0 Å². The zero-order chi connectivity index (χ0) is 32.3. The van der Waals surface area contributed by atoms with E-state index in [4.69, 9.17) is 28.4 Å². The second kappa shape index (κ2) is 10.4. The van der Waals surface area contributed by atoms with Gasteiger partial charge >= 0.3 is 11.9 Å². The average Bonchev–Trinajstić information content (AvgIpc) is 3.40. The molecule has 1 spiro atoms. The molecule has 1 aliphatic heterocycles. The van der Waals surface area contributed by atoms with Crippen LogP contribution in [0.1, 0.15) is 30.1 Å². The van der Waals surface area contributed by atoms with Crippen LogP contribution in [0.3, 0.4) is 0 Å². The van der Waals surface area contributed by atoms with E-state index in [0.717, 1.165) is 0 Å². The summed E-state index contributed by atoms with van der Waals surface area (Å²) in [5, 5.41) is 37.0. The lowest BCUT2D eigenvalue weighted by Crippen LogP contribution is -2.81. The Balaban J connectivity index is 1.52. The zero-order valence-corrected chi connectivity index (χ0v) is 26.6. The highest BCUT2D eigenvalue weighted by molar-refractivity contribution is 5.89. The lowest BCUT2D eigenvalue weighted by atomic mass is 9.42. The van der Waals surface area contributed by atoms with E-state index in [9.17, 15) is 24.9 Å². The van der Waals surface area contributed by atoms with E-state index in [1.165, 1.54) is 14.0 Å². The maximum Gasteiger partial charge on any atom is 0.338 e. The molecule has 7 bridgehead atoms. The summed E-state index contributed by atoms with van der Waals surface area (Å²) in [6.07, 6.45) is -5.50. The smallest absolute Gasteiger partial charge is 0.338 e. The molecule has 6 aliphatic rings. The Bertz CT molecular complexity index is 1350. The zero-order valence-electron chi connectivity index (χ0n) is 26.6. The molecule has 14 unspecified atom stereocenters. The molecule has 45 heavy (non-hydrogen) atoms. The second-order valence-corrected chi connectivity index (χ2v) is 14.3. The van der Waals surface area contributed by atoms with Crippen molar-refractivity contribution in [2.24, 2.45) is 34.5 Å². The third-order valence-electron chi connectivity index (χ3n) is 12.9. The van der Waals surface area contributed by atoms with Crippen LogP contribution in [-0.4, -0.2) is 135 Å². The molecular weight excluding hydrogens is 586 g/mol. The lowest BCUT2D eigenvalue weighted by molar-refractivity contribution is -0.321. The van der Waals surface area contributed by atoms with Crippen LogP contribution < -0.4 is 0 Å². The summed E-state index contributed by atoms with van der Waals surface area (Å²) in [6.45, 7) is 2.00. The number of fused-ring (bicyclic) bond motifs is 2. The number of carbonyl (C=O) groups is 2. The standard InChI is InChI=1S/C33H45NO11/c1-16(35)45-33-21-18(13-31(39,28(43-6)26(33)37)27(21)44-29(38)17-10-8-7-9-11-17)32-20(41-4)12-19(36)30(15-40-3)14-34(2)25(32)22(33)23(42-5)24(30)32/h7-11,18-28,36-37,39H,12-15H2,1-6H3/t18?,19?,20?,21?,22?,23?,24?,25?,26?,27?,28-,30?,31?,32?,33?/m0/s1. The highest BCUT2D eigenvalue weighted by atomic mass is 16.6. The molecule has 12 nitrogen and oxygen atoms in total. The molecule has 0 amide bonds. The Kier molecular flexibility index (Phi) is 7.28. The SMILES string of the molecule is COCC12CN(C)C3C4C(OC)C1C3(C(OC)CC2O)C1CC2(O)C(OC(=O)c3ccccc3)C1C4(OC(C)=O)C(O)[C@@H]2OC. The first-order chi connectivity index (χ1) is 21.4. The van der Waals surface area contributed by atoms with Crippen molar-refractivity contribution in [2.45, 2.75) is 73.6 Å². The van der Waals surface area contributed by atoms with Gasteiger partial charge in [-0.2, -0.15) is 0 Å². The van der Waals surface area contributed by atoms with Gasteiger partial charge in [-0.1, -0.05) is 18.2 Å². The van der Waals surface area contributed by atoms with E-state index in [1.807, 2.05) is 7.05 Å². The molecule has 1 aromatic carbocycles. The van der Waals surface area contributed by atoms with Crippen molar-refractivity contribution in [2.75, 3.05) is 48.6 Å². The Labute approximate surface area is 262 Å². The molecular formula is C33H45NO11. The third kappa shape index (κ3) is 3.55. The van der Waals surface area contributed by atoms with Crippen LogP contribution in [0.2, 0.25) is 0 Å². The first-order valence-corrected chi connectivity index (χ1v) is 15.8. The number of likely N-dealkylation sites (tertiary alicyclic amines) is 1. The molecule has 15 atom stereocenters. The second-order valence-electron chi connectivity index (χ2n) is 14.3. The number of benzene rings is 1. The van der Waals surface area contributed by atoms with Crippen molar-refractivity contribution in [3.63, 3.8) is 0 Å². The highest BCUT2D eigenvalue weighted by Gasteiger charge is 2.92. The monoisotopic (exact) mass is 631 g/mol. The number of piperidine rings is 1. The number of hydrogen-bond acceptors (Lipinski definition) is 12. The van der Waals surface area contributed by atoms with E-state index < -0.39 is 88.3 Å². The van der Waals surface area contributed by atoms with Crippen LogP contribution in [0.15, 0.2) is 30.3 Å². The first kappa shape index (κ1) is 31.4. The van der Waals surface area contributed by atoms with Crippen molar-refractivity contribution in [3.05, 3.63) is 35.9 Å². The minimum atomic E-state index is -1.83. The third-order valence-corrected chi connectivity index (χ3v) is 12.9. The maximum absolute atomic E-state index is 13.7. The van der Waals surface area contributed by atoms with Gasteiger partial charge in [0, 0.05) is 83.0 Å². The topological polar surface area (TPSA) is 153 Å². The number of carbonyl (C=O) groups excluding carboxylic acids is 2. The lowest BCUT2D eigenvalue weighted by Gasteiger charge is -2.70. The number of methoxy groups -OCH3 is 4. The van der Waals surface area contributed by atoms with Gasteiger partial charge in [-0.25, -0.2) is 4.79 Å². The molecule has 1 aromatic rings. The molecule has 1 heterocycles. The summed E-state index contributed by atoms with van der Waals surface area (Å²) in [4.78, 5) is 29.1. The molecule has 248 valence electrons. The summed E-state index contributed by atoms with van der Waals surface area (Å²) in [6, 6.07) is 8.15. The quantitative estimate of drug-likeness (QED) is 0.337. The van der Waals surface area contributed by atoms with Gasteiger partial charge in [0.2, 0.25) is 0 Å². The van der Waals surface area contributed by atoms with Gasteiger partial charge in [0.05, 0.1) is 30.5 Å². The van der Waals surface area contributed by atoms with Crippen LogP contribution in [0.25, 0.3) is 0 Å². The summed E-state index contributed by atoms with van der Waals surface area (Å²) in [7, 11) is 8.20. The van der Waals surface area contributed by atoms with Gasteiger partial charge in [0.1, 0.15) is 23.9 Å². The van der Waals surface area contributed by atoms with Gasteiger partial charge in [-0.05, 0) is 31.5 Å². The molecule has 1 saturated heterocycles. The Hall–Kier alpha value is -2.16. The van der Waals surface area contributed by atoms with Gasteiger partial charge < -0.3 is 48.6 Å². The molecule has 3 N–H and O–H groups in total. The van der Waals surface area contributed by atoms with E-state index in [2.05, 4.69) is 4.90 Å². The molecule has 12 heteroatoms. The summed E-state index contributed by atoms with van der Waals surface area (Å²) in [5.74, 6) is -3.66. The van der Waals surface area contributed by atoms with Crippen LogP contribution in [0.4, 0.5) is 0 Å². The predicted molar refractivity (Wildman–Crippen MR) is 156 cm³/mol. The molecule has 0 radical (unpaired) electrons. The van der Waals surface area contributed by atoms with Crippen LogP contribution >= 0.6 is 0 Å². The number of hydrogen-bond donors (Lipinski definition) is 3. The number of ether oxygens (including phenoxy) is 6. The fraction of sp³-hybridized carbons (Fsp3) is 0.758. The molecule has 7 rings (SSSR count). The van der Waals surface area contributed by atoms with Crippen molar-refractivity contribution >= 4 is 11.9 Å². The number of nitrogens with zero attached hydrogens (tertiary/aromatic N) is 1. The number of esters is 2. The van der Waals surface area contributed by atoms with Crippen molar-refractivity contribution in [3.8, 4) is 0 Å². The minimum Gasteiger partial charge on any atom is -0.455 e. The number of aliphatic hydroxyl groups excluding tert-OH is 2. The Morgan fingerprint density at radius 2 is 1.71 bits per heavy atom. The van der Waals surface area contributed by atoms with Gasteiger partial charge in [0.25, 0.3) is 0 Å². The van der Waals surface area contributed by atoms with Crippen LogP contribution in [-0.2, 0) is 33.2 Å². The largest absolute Gasteiger partial charge is 0.455 e. The first-order valence-electron chi connectivity index (χ1n) is 15.8. The highest BCUT2D eigenvalue weighted by Crippen LogP contribution is 2.80. The van der Waals surface area contributed by atoms with Crippen LogP contribution in [0.5, 0.6) is 0 Å². The van der Waals surface area contributed by atoms with Gasteiger partial charge in [0.15, 0.2) is 5.60 Å². The van der Waals surface area contributed by atoms with Crippen LogP contribution in [0, 0.1) is 34.5 Å². The van der Waals surface area contributed by atoms with Crippen molar-refractivity contribution in [1.29, 1.82) is 0 Å². The number of aliphatic hydroxyl groups is 3. The predicted octanol–water partition coefficient (Wildman–Crippen LogP) is 0.258. The van der Waals surface area contributed by atoms with E-state index in [-0.39, 0.29) is 25.0 Å². The summed E-state index contributed by atoms with van der Waals surface area (Å²) < 4.78 is 37.2. The van der Waals surface area contributed by atoms with Crippen molar-refractivity contribution in [1.82, 2.24) is 4.90 Å². The molecule has 0 aromatic heterocycles. The maximum atomic E-state index is 13.7. The fourth-order valence-corrected chi connectivity index (χ4v) is 12.2. The average molecular weight is 632 g/mol. The van der Waals surface area contributed by atoms with Gasteiger partial charge in [-0.3, -0.25) is 4.79 Å². The molecule has 6 fully saturated rings. The number of rotatable bonds is 8. The minimum absolute atomic E-state index is 0.0754. The normalized spacial score (nSPS) is 50.7.